The van der Waals surface area contributed by atoms with Gasteiger partial charge in [0.25, 0.3) is 0 Å². The van der Waals surface area contributed by atoms with Gasteiger partial charge in [-0.1, -0.05) is 30.8 Å². The Kier molecular flexibility index (Phi) is 7.91. The van der Waals surface area contributed by atoms with Crippen LogP contribution in [0.15, 0.2) is 55.3 Å². The highest BCUT2D eigenvalue weighted by Gasteiger charge is 2.32. The Morgan fingerprint density at radius 2 is 2.00 bits per heavy atom. The molecule has 0 saturated carbocycles. The smallest absolute Gasteiger partial charge is 0.319 e. The summed E-state index contributed by atoms with van der Waals surface area (Å²) in [5.41, 5.74) is 3.65. The first-order chi connectivity index (χ1) is 20.9. The zero-order valence-corrected chi connectivity index (χ0v) is 24.7. The molecule has 0 bridgehead atoms. The molecule has 10 heteroatoms. The van der Waals surface area contributed by atoms with Gasteiger partial charge in [-0.15, -0.1) is 0 Å². The fourth-order valence-corrected chi connectivity index (χ4v) is 6.57. The number of nitriles is 1. The number of ether oxygens (including phenoxy) is 1. The predicted molar refractivity (Wildman–Crippen MR) is 166 cm³/mol. The van der Waals surface area contributed by atoms with Crippen LogP contribution < -0.4 is 9.64 Å². The monoisotopic (exact) mass is 579 g/mol. The molecule has 4 heterocycles. The van der Waals surface area contributed by atoms with Gasteiger partial charge in [-0.3, -0.25) is 4.79 Å². The minimum Gasteiger partial charge on any atom is -0.508 e. The molecular formula is C33H37N7O3. The number of carbonyl (C=O) groups is 1. The number of aromatic hydroxyl groups is 1. The number of anilines is 1. The van der Waals surface area contributed by atoms with Crippen molar-refractivity contribution in [3.8, 4) is 17.8 Å². The summed E-state index contributed by atoms with van der Waals surface area (Å²) in [6, 6.07) is 14.2. The van der Waals surface area contributed by atoms with E-state index in [4.69, 9.17) is 14.7 Å². The van der Waals surface area contributed by atoms with Crippen molar-refractivity contribution in [2.45, 2.75) is 37.8 Å². The number of amides is 1. The van der Waals surface area contributed by atoms with Gasteiger partial charge in [-0.25, -0.2) is 0 Å². The number of carbonyl (C=O) groups excluding carboxylic acids is 1. The molecule has 0 unspecified atom stereocenters. The van der Waals surface area contributed by atoms with Crippen LogP contribution in [0.25, 0.3) is 21.8 Å². The first-order valence-electron chi connectivity index (χ1n) is 14.8. The predicted octanol–water partition coefficient (Wildman–Crippen LogP) is 4.01. The molecule has 2 aliphatic rings. The van der Waals surface area contributed by atoms with Crippen molar-refractivity contribution in [1.82, 2.24) is 24.3 Å². The van der Waals surface area contributed by atoms with Gasteiger partial charge in [0.2, 0.25) is 5.91 Å². The fourth-order valence-electron chi connectivity index (χ4n) is 6.57. The molecule has 222 valence electrons. The molecule has 43 heavy (non-hydrogen) atoms. The molecule has 6 rings (SSSR count). The molecule has 10 nitrogen and oxygen atoms in total. The van der Waals surface area contributed by atoms with E-state index in [1.807, 2.05) is 35.9 Å². The number of likely N-dealkylation sites (tertiary alicyclic amines) is 1. The number of hydrogen-bond acceptors (Lipinski definition) is 8. The first-order valence-corrected chi connectivity index (χ1v) is 14.8. The van der Waals surface area contributed by atoms with E-state index in [-0.39, 0.29) is 24.1 Å². The highest BCUT2D eigenvalue weighted by Crippen LogP contribution is 2.34. The SMILES string of the molecule is C=CC(=O)N1CCN(c2nc(OC[C@@H]3CCCN3C)nc3c(Cc4cc(O)cc5ccccc45)cn(C)c23)C[C@@H]1CC#N. The van der Waals surface area contributed by atoms with E-state index in [1.165, 1.54) is 6.08 Å². The van der Waals surface area contributed by atoms with E-state index >= 15 is 0 Å². The summed E-state index contributed by atoms with van der Waals surface area (Å²) in [6.07, 6.45) is 6.37. The van der Waals surface area contributed by atoms with E-state index in [9.17, 15) is 15.2 Å². The maximum absolute atomic E-state index is 12.6. The van der Waals surface area contributed by atoms with E-state index in [1.54, 1.807) is 11.0 Å². The summed E-state index contributed by atoms with van der Waals surface area (Å²) in [5.74, 6) is 0.782. The maximum atomic E-state index is 12.6. The lowest BCUT2D eigenvalue weighted by Gasteiger charge is -2.41. The molecule has 2 aliphatic heterocycles. The van der Waals surface area contributed by atoms with E-state index in [0.717, 1.165) is 58.1 Å². The summed E-state index contributed by atoms with van der Waals surface area (Å²) < 4.78 is 8.33. The molecule has 1 N–H and O–H groups in total. The van der Waals surface area contributed by atoms with Gasteiger partial charge in [0.05, 0.1) is 18.5 Å². The van der Waals surface area contributed by atoms with Crippen LogP contribution in [0, 0.1) is 11.3 Å². The number of nitrogens with zero attached hydrogens (tertiary/aromatic N) is 7. The average Bonchev–Trinajstić information content (AvgIpc) is 3.56. The van der Waals surface area contributed by atoms with Crippen LogP contribution in [0.5, 0.6) is 11.8 Å². The second-order valence-electron chi connectivity index (χ2n) is 11.6. The number of benzene rings is 2. The molecule has 2 saturated heterocycles. The van der Waals surface area contributed by atoms with E-state index in [2.05, 4.69) is 41.8 Å². The van der Waals surface area contributed by atoms with Crippen molar-refractivity contribution < 1.29 is 14.6 Å². The fraction of sp³-hybridized carbons (Fsp3) is 0.394. The van der Waals surface area contributed by atoms with Crippen molar-refractivity contribution >= 4 is 33.5 Å². The number of likely N-dealkylation sites (N-methyl/N-ethyl adjacent to an activating group) is 1. The number of rotatable bonds is 8. The molecule has 2 atom stereocenters. The number of phenols is 1. The van der Waals surface area contributed by atoms with Crippen molar-refractivity contribution in [2.75, 3.05) is 44.7 Å². The summed E-state index contributed by atoms with van der Waals surface area (Å²) in [4.78, 5) is 28.6. The summed E-state index contributed by atoms with van der Waals surface area (Å²) in [7, 11) is 4.10. The quantitative estimate of drug-likeness (QED) is 0.312. The number of hydrogen-bond donors (Lipinski definition) is 1. The highest BCUT2D eigenvalue weighted by molar-refractivity contribution is 5.92. The van der Waals surface area contributed by atoms with Gasteiger partial charge in [-0.05, 0) is 61.0 Å². The maximum Gasteiger partial charge on any atom is 0.319 e. The first kappa shape index (κ1) is 28.5. The van der Waals surface area contributed by atoms with Crippen LogP contribution in [0.4, 0.5) is 5.82 Å². The van der Waals surface area contributed by atoms with Gasteiger partial charge >= 0.3 is 6.01 Å². The third-order valence-corrected chi connectivity index (χ3v) is 8.81. The van der Waals surface area contributed by atoms with Crippen LogP contribution in [-0.2, 0) is 18.3 Å². The lowest BCUT2D eigenvalue weighted by Crippen LogP contribution is -2.55. The van der Waals surface area contributed by atoms with Crippen molar-refractivity contribution in [2.24, 2.45) is 7.05 Å². The Morgan fingerprint density at radius 1 is 1.16 bits per heavy atom. The number of fused-ring (bicyclic) bond motifs is 2. The second kappa shape index (κ2) is 11.9. The largest absolute Gasteiger partial charge is 0.508 e. The van der Waals surface area contributed by atoms with Gasteiger partial charge in [0.1, 0.15) is 23.4 Å². The Morgan fingerprint density at radius 3 is 2.77 bits per heavy atom. The average molecular weight is 580 g/mol. The van der Waals surface area contributed by atoms with Crippen LogP contribution in [-0.4, -0.2) is 87.3 Å². The minimum absolute atomic E-state index is 0.170. The summed E-state index contributed by atoms with van der Waals surface area (Å²) >= 11 is 0. The van der Waals surface area contributed by atoms with Gasteiger partial charge < -0.3 is 29.1 Å². The van der Waals surface area contributed by atoms with Crippen LogP contribution >= 0.6 is 0 Å². The minimum atomic E-state index is -0.288. The molecule has 2 fully saturated rings. The molecule has 2 aromatic carbocycles. The Bertz CT molecular complexity index is 1730. The molecule has 2 aromatic heterocycles. The number of aryl methyl sites for hydroxylation is 1. The molecule has 1 amide bonds. The topological polar surface area (TPSA) is 111 Å². The van der Waals surface area contributed by atoms with Crippen LogP contribution in [0.3, 0.4) is 0 Å². The molecule has 0 spiro atoms. The number of aromatic nitrogens is 3. The summed E-state index contributed by atoms with van der Waals surface area (Å²) in [6.45, 7) is 6.66. The Hall–Kier alpha value is -4.62. The lowest BCUT2D eigenvalue weighted by molar-refractivity contribution is -0.128. The third-order valence-electron chi connectivity index (χ3n) is 8.81. The molecule has 0 aliphatic carbocycles. The Balaban J connectivity index is 1.42. The van der Waals surface area contributed by atoms with Gasteiger partial charge in [0, 0.05) is 50.9 Å². The van der Waals surface area contributed by atoms with Crippen LogP contribution in [0.2, 0.25) is 0 Å². The zero-order chi connectivity index (χ0) is 30.1. The highest BCUT2D eigenvalue weighted by atomic mass is 16.5. The van der Waals surface area contributed by atoms with Gasteiger partial charge in [-0.2, -0.15) is 15.2 Å². The second-order valence-corrected chi connectivity index (χ2v) is 11.6. The van der Waals surface area contributed by atoms with Crippen LogP contribution in [0.1, 0.15) is 30.4 Å². The molecule has 0 radical (unpaired) electrons. The molecular weight excluding hydrogens is 542 g/mol. The molecule has 4 aromatic rings. The lowest BCUT2D eigenvalue weighted by atomic mass is 9.99. The van der Waals surface area contributed by atoms with E-state index in [0.29, 0.717) is 44.7 Å². The Labute approximate surface area is 251 Å². The number of phenolic OH excluding ortho intramolecular Hbond substituents is 1. The standard InChI is InChI=1S/C33H37N7O3/c1-4-29(42)40-15-14-39(20-25(40)11-12-34)32-31-30(35-33(36-32)43-21-26-9-7-13-37(26)2)24(19-38(31)3)16-23-18-27(41)17-22-8-5-6-10-28(22)23/h4-6,8,10,17-19,25-26,41H,1,7,9,11,13-16,20-21H2,2-3H3/t25-,26-/m0/s1. The van der Waals surface area contributed by atoms with Gasteiger partial charge in [0.15, 0.2) is 5.82 Å². The normalized spacial score (nSPS) is 19.2. The summed E-state index contributed by atoms with van der Waals surface area (Å²) in [5, 5.41) is 22.1. The number of piperazine rings is 1. The zero-order valence-electron chi connectivity index (χ0n) is 24.7. The third kappa shape index (κ3) is 5.60. The van der Waals surface area contributed by atoms with Crippen molar-refractivity contribution in [3.63, 3.8) is 0 Å². The van der Waals surface area contributed by atoms with Crippen molar-refractivity contribution in [3.05, 3.63) is 66.4 Å². The van der Waals surface area contributed by atoms with E-state index < -0.39 is 0 Å². The van der Waals surface area contributed by atoms with Crippen molar-refractivity contribution in [1.29, 1.82) is 5.26 Å².